The van der Waals surface area contributed by atoms with Crippen LogP contribution in [-0.4, -0.2) is 50.6 Å². The quantitative estimate of drug-likeness (QED) is 0.609. The van der Waals surface area contributed by atoms with E-state index in [-0.39, 0.29) is 24.2 Å². The molecule has 7 heteroatoms. The van der Waals surface area contributed by atoms with Gasteiger partial charge in [-0.15, -0.1) is 0 Å². The third-order valence-corrected chi connectivity index (χ3v) is 5.42. The number of para-hydroxylation sites is 2. The molecule has 0 aliphatic carbocycles. The molecule has 0 saturated carbocycles. The summed E-state index contributed by atoms with van der Waals surface area (Å²) in [5.74, 6) is 1.81. The van der Waals surface area contributed by atoms with E-state index in [1.54, 1.807) is 19.1 Å². The molecule has 0 spiro atoms. The lowest BCUT2D eigenvalue weighted by atomic mass is 10.1. The maximum Gasteiger partial charge on any atom is 0.229 e. The minimum Gasteiger partial charge on any atom is -0.493 e. The van der Waals surface area contributed by atoms with Gasteiger partial charge in [-0.05, 0) is 42.2 Å². The van der Waals surface area contributed by atoms with Crippen LogP contribution in [0.2, 0.25) is 0 Å². The number of nitrogens with zero attached hydrogens (tertiary/aromatic N) is 1. The molecule has 32 heavy (non-hydrogen) atoms. The number of hydrogen-bond acceptors (Lipinski definition) is 5. The number of nitrogens with one attached hydrogen (secondary N) is 1. The molecule has 2 amide bonds. The summed E-state index contributed by atoms with van der Waals surface area (Å²) in [4.78, 5) is 27.1. The molecular weight excluding hydrogens is 408 g/mol. The zero-order chi connectivity index (χ0) is 23.1. The van der Waals surface area contributed by atoms with E-state index in [4.69, 9.17) is 14.2 Å². The Morgan fingerprint density at radius 2 is 1.84 bits per heavy atom. The third kappa shape index (κ3) is 5.93. The van der Waals surface area contributed by atoms with Crippen molar-refractivity contribution >= 4 is 17.5 Å². The van der Waals surface area contributed by atoms with Crippen molar-refractivity contribution < 1.29 is 23.8 Å². The van der Waals surface area contributed by atoms with E-state index in [0.29, 0.717) is 55.0 Å². The standard InChI is InChI=1S/C25H32N2O5/c1-17(2)16-32-21-8-6-5-7-20(21)26-25(29)19-14-24(28)27(15-19)12-11-18-9-10-22(30-3)23(13-18)31-4/h5-10,13,17,19H,11-12,14-16H2,1-4H3,(H,26,29). The van der Waals surface area contributed by atoms with Gasteiger partial charge < -0.3 is 24.4 Å². The smallest absolute Gasteiger partial charge is 0.229 e. The number of methoxy groups -OCH3 is 2. The summed E-state index contributed by atoms with van der Waals surface area (Å²) in [7, 11) is 3.20. The molecule has 1 fully saturated rings. The van der Waals surface area contributed by atoms with E-state index in [9.17, 15) is 9.59 Å². The van der Waals surface area contributed by atoms with Gasteiger partial charge in [-0.1, -0.05) is 32.0 Å². The van der Waals surface area contributed by atoms with Crippen molar-refractivity contribution in [2.24, 2.45) is 11.8 Å². The first kappa shape index (κ1) is 23.4. The van der Waals surface area contributed by atoms with Crippen LogP contribution in [0.15, 0.2) is 42.5 Å². The summed E-state index contributed by atoms with van der Waals surface area (Å²) < 4.78 is 16.4. The number of carbonyl (C=O) groups is 2. The van der Waals surface area contributed by atoms with Crippen molar-refractivity contribution in [3.05, 3.63) is 48.0 Å². The van der Waals surface area contributed by atoms with Gasteiger partial charge in [0.25, 0.3) is 0 Å². The largest absolute Gasteiger partial charge is 0.493 e. The van der Waals surface area contributed by atoms with Crippen LogP contribution >= 0.6 is 0 Å². The van der Waals surface area contributed by atoms with E-state index in [1.165, 1.54) is 0 Å². The second kappa shape index (κ2) is 10.9. The Morgan fingerprint density at radius 3 is 2.56 bits per heavy atom. The summed E-state index contributed by atoms with van der Waals surface area (Å²) >= 11 is 0. The van der Waals surface area contributed by atoms with Crippen LogP contribution < -0.4 is 19.5 Å². The van der Waals surface area contributed by atoms with E-state index in [1.807, 2.05) is 42.5 Å². The Balaban J connectivity index is 1.57. The van der Waals surface area contributed by atoms with Crippen molar-refractivity contribution in [2.75, 3.05) is 39.2 Å². The molecule has 0 aromatic heterocycles. The van der Waals surface area contributed by atoms with Gasteiger partial charge in [0.2, 0.25) is 11.8 Å². The first-order chi connectivity index (χ1) is 15.4. The molecule has 1 saturated heterocycles. The highest BCUT2D eigenvalue weighted by atomic mass is 16.5. The van der Waals surface area contributed by atoms with E-state index >= 15 is 0 Å². The molecule has 1 aliphatic heterocycles. The first-order valence-electron chi connectivity index (χ1n) is 10.9. The topological polar surface area (TPSA) is 77.1 Å². The van der Waals surface area contributed by atoms with Gasteiger partial charge in [0, 0.05) is 19.5 Å². The third-order valence-electron chi connectivity index (χ3n) is 5.42. The molecule has 2 aromatic rings. The number of anilines is 1. The average molecular weight is 441 g/mol. The summed E-state index contributed by atoms with van der Waals surface area (Å²) in [5, 5.41) is 2.95. The van der Waals surface area contributed by atoms with Gasteiger partial charge in [-0.2, -0.15) is 0 Å². The van der Waals surface area contributed by atoms with Crippen LogP contribution in [0.25, 0.3) is 0 Å². The normalized spacial score (nSPS) is 15.7. The van der Waals surface area contributed by atoms with Crippen molar-refractivity contribution in [1.82, 2.24) is 4.90 Å². The highest BCUT2D eigenvalue weighted by Crippen LogP contribution is 2.29. The summed E-state index contributed by atoms with van der Waals surface area (Å²) in [6.45, 7) is 5.67. The maximum absolute atomic E-state index is 12.8. The minimum absolute atomic E-state index is 0.00466. The van der Waals surface area contributed by atoms with Crippen molar-refractivity contribution in [3.8, 4) is 17.2 Å². The molecule has 0 radical (unpaired) electrons. The van der Waals surface area contributed by atoms with Crippen molar-refractivity contribution in [2.45, 2.75) is 26.7 Å². The Labute approximate surface area is 189 Å². The van der Waals surface area contributed by atoms with Crippen LogP contribution in [0, 0.1) is 11.8 Å². The summed E-state index contributed by atoms with van der Waals surface area (Å²) in [6.07, 6.45) is 0.888. The Morgan fingerprint density at radius 1 is 1.09 bits per heavy atom. The number of hydrogen-bond donors (Lipinski definition) is 1. The zero-order valence-corrected chi connectivity index (χ0v) is 19.2. The summed E-state index contributed by atoms with van der Waals surface area (Å²) in [5.41, 5.74) is 1.67. The van der Waals surface area contributed by atoms with E-state index in [0.717, 1.165) is 5.56 Å². The van der Waals surface area contributed by atoms with Gasteiger partial charge in [-0.25, -0.2) is 0 Å². The fraction of sp³-hybridized carbons (Fsp3) is 0.440. The van der Waals surface area contributed by atoms with Crippen LogP contribution in [0.5, 0.6) is 17.2 Å². The SMILES string of the molecule is COc1ccc(CCN2CC(C(=O)Nc3ccccc3OCC(C)C)CC2=O)cc1OC. The monoisotopic (exact) mass is 440 g/mol. The number of carbonyl (C=O) groups excluding carboxylic acids is 2. The van der Waals surface area contributed by atoms with Crippen LogP contribution in [0.1, 0.15) is 25.8 Å². The Bertz CT molecular complexity index is 944. The molecule has 1 heterocycles. The second-order valence-corrected chi connectivity index (χ2v) is 8.37. The minimum atomic E-state index is -0.383. The lowest BCUT2D eigenvalue weighted by Crippen LogP contribution is -2.30. The fourth-order valence-electron chi connectivity index (χ4n) is 3.65. The van der Waals surface area contributed by atoms with Gasteiger partial charge in [-0.3, -0.25) is 9.59 Å². The Kier molecular flexibility index (Phi) is 7.98. The lowest BCUT2D eigenvalue weighted by molar-refractivity contribution is -0.128. The molecule has 172 valence electrons. The number of rotatable bonds is 10. The number of likely N-dealkylation sites (tertiary alicyclic amines) is 1. The van der Waals surface area contributed by atoms with Gasteiger partial charge in [0.05, 0.1) is 32.4 Å². The Hall–Kier alpha value is -3.22. The van der Waals surface area contributed by atoms with E-state index < -0.39 is 0 Å². The molecule has 1 atom stereocenters. The van der Waals surface area contributed by atoms with Crippen LogP contribution in [0.4, 0.5) is 5.69 Å². The molecule has 0 bridgehead atoms. The molecule has 1 unspecified atom stereocenters. The molecule has 1 aliphatic rings. The number of benzene rings is 2. The van der Waals surface area contributed by atoms with Gasteiger partial charge in [0.15, 0.2) is 11.5 Å². The van der Waals surface area contributed by atoms with Gasteiger partial charge >= 0.3 is 0 Å². The highest BCUT2D eigenvalue weighted by Gasteiger charge is 2.34. The predicted molar refractivity (Wildman–Crippen MR) is 123 cm³/mol. The fourth-order valence-corrected chi connectivity index (χ4v) is 3.65. The van der Waals surface area contributed by atoms with Crippen LogP contribution in [0.3, 0.4) is 0 Å². The number of amides is 2. The summed E-state index contributed by atoms with van der Waals surface area (Å²) in [6, 6.07) is 13.1. The van der Waals surface area contributed by atoms with E-state index in [2.05, 4.69) is 19.2 Å². The maximum atomic E-state index is 12.8. The highest BCUT2D eigenvalue weighted by molar-refractivity contribution is 5.98. The second-order valence-electron chi connectivity index (χ2n) is 8.37. The lowest BCUT2D eigenvalue weighted by Gasteiger charge is -2.18. The van der Waals surface area contributed by atoms with Gasteiger partial charge in [0.1, 0.15) is 5.75 Å². The first-order valence-corrected chi connectivity index (χ1v) is 10.9. The van der Waals surface area contributed by atoms with Crippen molar-refractivity contribution in [3.63, 3.8) is 0 Å². The molecule has 7 nitrogen and oxygen atoms in total. The molecule has 3 rings (SSSR count). The zero-order valence-electron chi connectivity index (χ0n) is 19.2. The van der Waals surface area contributed by atoms with Crippen molar-refractivity contribution in [1.29, 1.82) is 0 Å². The van der Waals surface area contributed by atoms with Crippen LogP contribution in [-0.2, 0) is 16.0 Å². The average Bonchev–Trinajstić information content (AvgIpc) is 3.17. The number of ether oxygens (including phenoxy) is 3. The molecule has 1 N–H and O–H groups in total. The molecular formula is C25H32N2O5. The predicted octanol–water partition coefficient (Wildman–Crippen LogP) is 3.77. The molecule has 2 aromatic carbocycles.